The minimum absolute atomic E-state index is 0.675. The van der Waals surface area contributed by atoms with Gasteiger partial charge in [-0.2, -0.15) is 0 Å². The molecule has 2 heterocycles. The van der Waals surface area contributed by atoms with E-state index in [9.17, 15) is 0 Å². The molecule has 2 aliphatic rings. The molecule has 0 atom stereocenters. The third-order valence-corrected chi connectivity index (χ3v) is 6.71. The lowest BCUT2D eigenvalue weighted by atomic mass is 9.96. The van der Waals surface area contributed by atoms with E-state index in [0.29, 0.717) is 5.92 Å². The normalized spacial score (nSPS) is 21.1. The van der Waals surface area contributed by atoms with Gasteiger partial charge in [-0.05, 0) is 45.7 Å². The van der Waals surface area contributed by atoms with Crippen molar-refractivity contribution in [1.29, 1.82) is 0 Å². The minimum Gasteiger partial charge on any atom is -0.300 e. The molecule has 1 aromatic carbocycles. The molecule has 1 saturated heterocycles. The Bertz CT molecular complexity index is 635. The Morgan fingerprint density at radius 1 is 1.00 bits per heavy atom. The predicted molar refractivity (Wildman–Crippen MR) is 98.1 cm³/mol. The number of aryl methyl sites for hydroxylation is 1. The second-order valence-corrected chi connectivity index (χ2v) is 8.31. The van der Waals surface area contributed by atoms with Crippen LogP contribution >= 0.6 is 11.3 Å². The van der Waals surface area contributed by atoms with Crippen LogP contribution in [0.15, 0.2) is 30.3 Å². The Kier molecular flexibility index (Phi) is 4.50. The van der Waals surface area contributed by atoms with Gasteiger partial charge < -0.3 is 4.90 Å². The first-order chi connectivity index (χ1) is 11.3. The van der Waals surface area contributed by atoms with Crippen molar-refractivity contribution < 1.29 is 0 Å². The van der Waals surface area contributed by atoms with Gasteiger partial charge in [-0.25, -0.2) is 4.98 Å². The first-order valence-corrected chi connectivity index (χ1v) is 9.89. The Morgan fingerprint density at radius 3 is 2.39 bits per heavy atom. The molecular formula is C20H26N2S. The summed E-state index contributed by atoms with van der Waals surface area (Å²) in [7, 11) is 0. The minimum atomic E-state index is 0.675. The van der Waals surface area contributed by atoms with E-state index in [1.54, 1.807) is 0 Å². The molecule has 2 fully saturated rings. The zero-order valence-corrected chi connectivity index (χ0v) is 14.8. The van der Waals surface area contributed by atoms with Crippen molar-refractivity contribution in [2.45, 2.75) is 57.4 Å². The highest BCUT2D eigenvalue weighted by Gasteiger charge is 2.29. The largest absolute Gasteiger partial charge is 0.300 e. The average Bonchev–Trinajstić information content (AvgIpc) is 3.26. The van der Waals surface area contributed by atoms with Gasteiger partial charge in [-0.1, -0.05) is 43.2 Å². The molecule has 2 nitrogen and oxygen atoms in total. The fraction of sp³-hybridized carbons (Fsp3) is 0.550. The summed E-state index contributed by atoms with van der Waals surface area (Å²) in [4.78, 5) is 9.14. The average molecular weight is 327 g/mol. The van der Waals surface area contributed by atoms with Crippen LogP contribution in [0.25, 0.3) is 11.3 Å². The van der Waals surface area contributed by atoms with Crippen LogP contribution < -0.4 is 0 Å². The monoisotopic (exact) mass is 326 g/mol. The molecule has 3 heteroatoms. The molecule has 1 aromatic heterocycles. The smallest absolute Gasteiger partial charge is 0.0967 e. The molecule has 0 N–H and O–H groups in total. The van der Waals surface area contributed by atoms with Crippen LogP contribution in [0, 0.1) is 6.92 Å². The van der Waals surface area contributed by atoms with Crippen molar-refractivity contribution in [3.8, 4) is 11.3 Å². The number of rotatable bonds is 3. The Labute approximate surface area is 143 Å². The fourth-order valence-electron chi connectivity index (χ4n) is 4.24. The molecule has 122 valence electrons. The van der Waals surface area contributed by atoms with Crippen LogP contribution in [0.1, 0.15) is 54.3 Å². The SMILES string of the molecule is Cc1sc(C2CCN(C3CCCC3)CC2)nc1-c1ccccc1. The predicted octanol–water partition coefficient (Wildman–Crippen LogP) is 5.24. The number of thiazole rings is 1. The van der Waals surface area contributed by atoms with Crippen molar-refractivity contribution in [3.05, 3.63) is 40.2 Å². The molecule has 4 rings (SSSR count). The summed E-state index contributed by atoms with van der Waals surface area (Å²) in [6.45, 7) is 4.76. The fourth-order valence-corrected chi connectivity index (χ4v) is 5.35. The molecule has 1 saturated carbocycles. The number of likely N-dealkylation sites (tertiary alicyclic amines) is 1. The summed E-state index contributed by atoms with van der Waals surface area (Å²) in [6.07, 6.45) is 8.32. The van der Waals surface area contributed by atoms with E-state index in [1.807, 2.05) is 11.3 Å². The van der Waals surface area contributed by atoms with Crippen molar-refractivity contribution in [3.63, 3.8) is 0 Å². The number of hydrogen-bond acceptors (Lipinski definition) is 3. The maximum Gasteiger partial charge on any atom is 0.0967 e. The third-order valence-electron chi connectivity index (χ3n) is 5.58. The van der Waals surface area contributed by atoms with E-state index in [1.165, 1.54) is 72.8 Å². The van der Waals surface area contributed by atoms with Gasteiger partial charge in [-0.15, -0.1) is 11.3 Å². The van der Waals surface area contributed by atoms with Gasteiger partial charge in [-0.3, -0.25) is 0 Å². The number of aromatic nitrogens is 1. The maximum atomic E-state index is 5.03. The van der Waals surface area contributed by atoms with Gasteiger partial charge >= 0.3 is 0 Å². The number of benzene rings is 1. The number of piperidine rings is 1. The van der Waals surface area contributed by atoms with E-state index in [2.05, 4.69) is 42.2 Å². The highest BCUT2D eigenvalue weighted by atomic mass is 32.1. The summed E-state index contributed by atoms with van der Waals surface area (Å²) in [5.41, 5.74) is 2.46. The second kappa shape index (κ2) is 6.74. The van der Waals surface area contributed by atoms with Gasteiger partial charge in [0.15, 0.2) is 0 Å². The lowest BCUT2D eigenvalue weighted by Crippen LogP contribution is -2.39. The zero-order chi connectivity index (χ0) is 15.6. The summed E-state index contributed by atoms with van der Waals surface area (Å²) < 4.78 is 0. The van der Waals surface area contributed by atoms with E-state index >= 15 is 0 Å². The van der Waals surface area contributed by atoms with Crippen molar-refractivity contribution in [1.82, 2.24) is 9.88 Å². The van der Waals surface area contributed by atoms with E-state index in [-0.39, 0.29) is 0 Å². The van der Waals surface area contributed by atoms with Gasteiger partial charge in [0, 0.05) is 22.4 Å². The Hall–Kier alpha value is -1.19. The van der Waals surface area contributed by atoms with Gasteiger partial charge in [0.05, 0.1) is 10.7 Å². The van der Waals surface area contributed by atoms with Crippen LogP contribution in [0.5, 0.6) is 0 Å². The molecule has 1 aliphatic carbocycles. The number of nitrogens with zero attached hydrogens (tertiary/aromatic N) is 2. The van der Waals surface area contributed by atoms with E-state index in [0.717, 1.165) is 6.04 Å². The van der Waals surface area contributed by atoms with Crippen LogP contribution in [0.4, 0.5) is 0 Å². The van der Waals surface area contributed by atoms with Gasteiger partial charge in [0.25, 0.3) is 0 Å². The summed E-state index contributed by atoms with van der Waals surface area (Å²) in [6, 6.07) is 11.5. The van der Waals surface area contributed by atoms with Gasteiger partial charge in [0.1, 0.15) is 0 Å². The second-order valence-electron chi connectivity index (χ2n) is 7.07. The van der Waals surface area contributed by atoms with Crippen LogP contribution in [-0.2, 0) is 0 Å². The lowest BCUT2D eigenvalue weighted by molar-refractivity contribution is 0.154. The molecule has 23 heavy (non-hydrogen) atoms. The summed E-state index contributed by atoms with van der Waals surface area (Å²) in [5, 5.41) is 1.37. The van der Waals surface area contributed by atoms with Crippen LogP contribution in [-0.4, -0.2) is 29.0 Å². The Morgan fingerprint density at radius 2 is 1.70 bits per heavy atom. The highest BCUT2D eigenvalue weighted by Crippen LogP contribution is 2.37. The van der Waals surface area contributed by atoms with E-state index in [4.69, 9.17) is 4.98 Å². The van der Waals surface area contributed by atoms with Gasteiger partial charge in [0.2, 0.25) is 0 Å². The molecule has 0 spiro atoms. The third kappa shape index (κ3) is 3.22. The van der Waals surface area contributed by atoms with Crippen molar-refractivity contribution in [2.75, 3.05) is 13.1 Å². The quantitative estimate of drug-likeness (QED) is 0.766. The number of hydrogen-bond donors (Lipinski definition) is 0. The molecule has 0 radical (unpaired) electrons. The molecule has 0 amide bonds. The highest BCUT2D eigenvalue weighted by molar-refractivity contribution is 7.12. The molecule has 0 unspecified atom stereocenters. The Balaban J connectivity index is 1.45. The van der Waals surface area contributed by atoms with Crippen molar-refractivity contribution in [2.24, 2.45) is 0 Å². The summed E-state index contributed by atoms with van der Waals surface area (Å²) in [5.74, 6) is 0.675. The van der Waals surface area contributed by atoms with E-state index < -0.39 is 0 Å². The standard InChI is InChI=1S/C20H26N2S/c1-15-19(16-7-3-2-4-8-16)21-20(23-15)17-11-13-22(14-12-17)18-9-5-6-10-18/h2-4,7-8,17-18H,5-6,9-14H2,1H3. The van der Waals surface area contributed by atoms with Crippen LogP contribution in [0.3, 0.4) is 0 Å². The molecule has 0 bridgehead atoms. The van der Waals surface area contributed by atoms with Crippen molar-refractivity contribution >= 4 is 11.3 Å². The molecule has 2 aromatic rings. The molecular weight excluding hydrogens is 300 g/mol. The zero-order valence-electron chi connectivity index (χ0n) is 14.0. The molecule has 1 aliphatic heterocycles. The first kappa shape index (κ1) is 15.3. The summed E-state index contributed by atoms with van der Waals surface area (Å²) >= 11 is 1.92. The maximum absolute atomic E-state index is 5.03. The van der Waals surface area contributed by atoms with Crippen LogP contribution in [0.2, 0.25) is 0 Å². The lowest BCUT2D eigenvalue weighted by Gasteiger charge is -2.35. The first-order valence-electron chi connectivity index (χ1n) is 9.08. The topological polar surface area (TPSA) is 16.1 Å².